The van der Waals surface area contributed by atoms with E-state index in [-0.39, 0.29) is 11.7 Å². The summed E-state index contributed by atoms with van der Waals surface area (Å²) in [7, 11) is 1.60. The second-order valence-electron chi connectivity index (χ2n) is 6.37. The number of hydrogen-bond donors (Lipinski definition) is 2. The fourth-order valence-electron chi connectivity index (χ4n) is 3.06. The average Bonchev–Trinajstić information content (AvgIpc) is 3.07. The van der Waals surface area contributed by atoms with Crippen LogP contribution >= 0.6 is 11.8 Å². The van der Waals surface area contributed by atoms with E-state index in [1.807, 2.05) is 24.3 Å². The highest BCUT2D eigenvalue weighted by Crippen LogP contribution is 2.29. The molecule has 0 unspecified atom stereocenters. The lowest BCUT2D eigenvalue weighted by Crippen LogP contribution is -2.27. The van der Waals surface area contributed by atoms with Crippen molar-refractivity contribution in [1.82, 2.24) is 20.2 Å². The molecule has 3 rings (SSSR count). The van der Waals surface area contributed by atoms with Crippen LogP contribution in [0.2, 0.25) is 0 Å². The quantitative estimate of drug-likeness (QED) is 0.411. The topological polar surface area (TPSA) is 95.1 Å². The first-order valence-electron chi connectivity index (χ1n) is 9.10. The SMILES string of the molecule is COc1ccccc1-c1nnc(SCC(=O)NCCC2=CCCCC2)n1N. The summed E-state index contributed by atoms with van der Waals surface area (Å²) in [5.74, 6) is 7.51. The number of carbonyl (C=O) groups excluding carboxylic acids is 1. The van der Waals surface area contributed by atoms with E-state index in [0.29, 0.717) is 23.3 Å². The summed E-state index contributed by atoms with van der Waals surface area (Å²) in [6, 6.07) is 7.47. The Morgan fingerprint density at radius 3 is 2.96 bits per heavy atom. The van der Waals surface area contributed by atoms with Gasteiger partial charge >= 0.3 is 0 Å². The van der Waals surface area contributed by atoms with E-state index < -0.39 is 0 Å². The number of hydrogen-bond acceptors (Lipinski definition) is 6. The molecule has 0 atom stereocenters. The molecule has 3 N–H and O–H groups in total. The van der Waals surface area contributed by atoms with Gasteiger partial charge in [-0.3, -0.25) is 4.79 Å². The van der Waals surface area contributed by atoms with Gasteiger partial charge in [-0.05, 0) is 44.2 Å². The highest BCUT2D eigenvalue weighted by Gasteiger charge is 2.16. The van der Waals surface area contributed by atoms with Crippen molar-refractivity contribution in [2.24, 2.45) is 0 Å². The zero-order chi connectivity index (χ0) is 19.1. The molecule has 7 nitrogen and oxygen atoms in total. The zero-order valence-corrected chi connectivity index (χ0v) is 16.3. The van der Waals surface area contributed by atoms with Gasteiger partial charge in [0.2, 0.25) is 11.1 Å². The number of para-hydroxylation sites is 1. The number of methoxy groups -OCH3 is 1. The summed E-state index contributed by atoms with van der Waals surface area (Å²) in [6.07, 6.45) is 8.11. The molecule has 0 aliphatic heterocycles. The molecule has 1 amide bonds. The summed E-state index contributed by atoms with van der Waals surface area (Å²) in [5.41, 5.74) is 2.21. The van der Waals surface area contributed by atoms with Crippen LogP contribution in [-0.2, 0) is 4.79 Å². The minimum Gasteiger partial charge on any atom is -0.496 e. The van der Waals surface area contributed by atoms with Crippen LogP contribution in [0, 0.1) is 0 Å². The predicted octanol–water partition coefficient (Wildman–Crippen LogP) is 2.77. The molecule has 0 saturated heterocycles. The second kappa shape index (κ2) is 9.45. The van der Waals surface area contributed by atoms with E-state index >= 15 is 0 Å². The highest BCUT2D eigenvalue weighted by molar-refractivity contribution is 7.99. The third-order valence-corrected chi connectivity index (χ3v) is 5.44. The molecule has 0 fully saturated rings. The van der Waals surface area contributed by atoms with Gasteiger partial charge in [0, 0.05) is 6.54 Å². The van der Waals surface area contributed by atoms with Crippen molar-refractivity contribution in [2.75, 3.05) is 25.3 Å². The van der Waals surface area contributed by atoms with Gasteiger partial charge in [0.25, 0.3) is 0 Å². The molecule has 8 heteroatoms. The van der Waals surface area contributed by atoms with E-state index in [1.54, 1.807) is 7.11 Å². The summed E-state index contributed by atoms with van der Waals surface area (Å²) in [6.45, 7) is 0.674. The van der Waals surface area contributed by atoms with Gasteiger partial charge in [-0.2, -0.15) is 0 Å². The zero-order valence-electron chi connectivity index (χ0n) is 15.5. The average molecular weight is 388 g/mol. The van der Waals surface area contributed by atoms with Gasteiger partial charge in [0.1, 0.15) is 5.75 Å². The Balaban J connectivity index is 1.52. The predicted molar refractivity (Wildman–Crippen MR) is 107 cm³/mol. The molecule has 27 heavy (non-hydrogen) atoms. The standard InChI is InChI=1S/C19H25N5O2S/c1-26-16-10-6-5-9-15(16)18-22-23-19(24(18)20)27-13-17(25)21-12-11-14-7-3-2-4-8-14/h5-7,9-10H,2-4,8,11-13,20H2,1H3,(H,21,25). The first-order valence-corrected chi connectivity index (χ1v) is 10.1. The van der Waals surface area contributed by atoms with Gasteiger partial charge < -0.3 is 15.9 Å². The number of benzene rings is 1. The summed E-state index contributed by atoms with van der Waals surface area (Å²) in [4.78, 5) is 12.1. The maximum Gasteiger partial charge on any atom is 0.230 e. The monoisotopic (exact) mass is 387 g/mol. The Morgan fingerprint density at radius 1 is 1.33 bits per heavy atom. The van der Waals surface area contributed by atoms with Crippen molar-refractivity contribution in [3.63, 3.8) is 0 Å². The number of thioether (sulfide) groups is 1. The highest BCUT2D eigenvalue weighted by atomic mass is 32.2. The molecule has 0 radical (unpaired) electrons. The number of ether oxygens (including phenoxy) is 1. The number of aromatic nitrogens is 3. The third-order valence-electron chi connectivity index (χ3n) is 4.50. The van der Waals surface area contributed by atoms with Gasteiger partial charge in [0.15, 0.2) is 5.82 Å². The summed E-state index contributed by atoms with van der Waals surface area (Å²) < 4.78 is 6.74. The number of allylic oxidation sites excluding steroid dienone is 1. The number of carbonyl (C=O) groups is 1. The summed E-state index contributed by atoms with van der Waals surface area (Å²) in [5, 5.41) is 11.7. The molecule has 1 heterocycles. The number of amides is 1. The Morgan fingerprint density at radius 2 is 2.19 bits per heavy atom. The number of rotatable bonds is 8. The van der Waals surface area contributed by atoms with E-state index in [4.69, 9.17) is 10.6 Å². The third kappa shape index (κ3) is 5.03. The minimum absolute atomic E-state index is 0.0294. The molecule has 0 bridgehead atoms. The number of nitrogens with two attached hydrogens (primary N) is 1. The van der Waals surface area contributed by atoms with E-state index in [9.17, 15) is 4.79 Å². The van der Waals surface area contributed by atoms with Crippen LogP contribution in [0.15, 0.2) is 41.1 Å². The maximum absolute atomic E-state index is 12.1. The molecule has 1 aromatic carbocycles. The Hall–Kier alpha value is -2.48. The Labute approximate surface area is 163 Å². The van der Waals surface area contributed by atoms with Crippen LogP contribution in [0.1, 0.15) is 32.1 Å². The minimum atomic E-state index is -0.0294. The molecule has 1 aromatic heterocycles. The van der Waals surface area contributed by atoms with Crippen LogP contribution in [0.3, 0.4) is 0 Å². The lowest BCUT2D eigenvalue weighted by molar-refractivity contribution is -0.118. The Kier molecular flexibility index (Phi) is 6.75. The molecule has 2 aromatic rings. The lowest BCUT2D eigenvalue weighted by atomic mass is 9.97. The molecular weight excluding hydrogens is 362 g/mol. The largest absolute Gasteiger partial charge is 0.496 e. The molecule has 0 spiro atoms. The van der Waals surface area contributed by atoms with Crippen LogP contribution < -0.4 is 15.9 Å². The van der Waals surface area contributed by atoms with E-state index in [2.05, 4.69) is 21.6 Å². The first-order chi connectivity index (χ1) is 13.2. The fourth-order valence-corrected chi connectivity index (χ4v) is 3.75. The molecule has 1 aliphatic rings. The first kappa shape index (κ1) is 19.3. The maximum atomic E-state index is 12.1. The van der Waals surface area contributed by atoms with Crippen molar-refractivity contribution in [3.05, 3.63) is 35.9 Å². The second-order valence-corrected chi connectivity index (χ2v) is 7.32. The van der Waals surface area contributed by atoms with Gasteiger partial charge in [-0.25, -0.2) is 4.68 Å². The van der Waals surface area contributed by atoms with Crippen molar-refractivity contribution >= 4 is 17.7 Å². The fraction of sp³-hybridized carbons (Fsp3) is 0.421. The smallest absolute Gasteiger partial charge is 0.230 e. The van der Waals surface area contributed by atoms with Crippen LogP contribution in [-0.4, -0.2) is 40.2 Å². The van der Waals surface area contributed by atoms with Crippen molar-refractivity contribution in [1.29, 1.82) is 0 Å². The lowest BCUT2D eigenvalue weighted by Gasteiger charge is -2.12. The Bertz CT molecular complexity index is 818. The van der Waals surface area contributed by atoms with Crippen LogP contribution in [0.4, 0.5) is 0 Å². The van der Waals surface area contributed by atoms with Crippen molar-refractivity contribution in [3.8, 4) is 17.1 Å². The molecule has 1 aliphatic carbocycles. The van der Waals surface area contributed by atoms with E-state index in [0.717, 1.165) is 18.4 Å². The molecule has 0 saturated carbocycles. The normalized spacial score (nSPS) is 13.9. The van der Waals surface area contributed by atoms with Crippen molar-refractivity contribution < 1.29 is 9.53 Å². The van der Waals surface area contributed by atoms with Gasteiger partial charge in [-0.15, -0.1) is 10.2 Å². The van der Waals surface area contributed by atoms with Crippen LogP contribution in [0.5, 0.6) is 5.75 Å². The summed E-state index contributed by atoms with van der Waals surface area (Å²) >= 11 is 1.27. The van der Waals surface area contributed by atoms with Gasteiger partial charge in [0.05, 0.1) is 18.4 Å². The van der Waals surface area contributed by atoms with Crippen LogP contribution in [0.25, 0.3) is 11.4 Å². The van der Waals surface area contributed by atoms with Crippen molar-refractivity contribution in [2.45, 2.75) is 37.3 Å². The number of nitrogens with zero attached hydrogens (tertiary/aromatic N) is 3. The number of nitrogen functional groups attached to an aromatic ring is 1. The van der Waals surface area contributed by atoms with E-state index in [1.165, 1.54) is 41.3 Å². The molecule has 144 valence electrons. The number of nitrogens with one attached hydrogen (secondary N) is 1. The van der Waals surface area contributed by atoms with Gasteiger partial charge in [-0.1, -0.05) is 35.5 Å². The molecular formula is C19H25N5O2S.